The monoisotopic (exact) mass is 425 g/mol. The van der Waals surface area contributed by atoms with Gasteiger partial charge in [-0.05, 0) is 41.8 Å². The number of carbonyl (C=O) groups is 1. The molecule has 168 valence electrons. The van der Waals surface area contributed by atoms with Crippen molar-refractivity contribution in [3.8, 4) is 17.2 Å². The number of hydrogen-bond acceptors (Lipinski definition) is 4. The summed E-state index contributed by atoms with van der Waals surface area (Å²) in [6.45, 7) is 2.21. The lowest BCUT2D eigenvalue weighted by atomic mass is 10.1. The van der Waals surface area contributed by atoms with Gasteiger partial charge in [-0.2, -0.15) is 0 Å². The molecule has 2 aromatic carbocycles. The van der Waals surface area contributed by atoms with E-state index in [4.69, 9.17) is 14.2 Å². The van der Waals surface area contributed by atoms with Gasteiger partial charge in [0, 0.05) is 12.1 Å². The van der Waals surface area contributed by atoms with E-state index in [1.807, 2.05) is 48.6 Å². The molecule has 0 fully saturated rings. The van der Waals surface area contributed by atoms with Crippen molar-refractivity contribution in [2.45, 2.75) is 51.9 Å². The second-order valence-corrected chi connectivity index (χ2v) is 7.48. The highest BCUT2D eigenvalue weighted by Crippen LogP contribution is 2.38. The zero-order valence-corrected chi connectivity index (χ0v) is 19.2. The number of hydrogen-bond donors (Lipinski definition) is 1. The van der Waals surface area contributed by atoms with Crippen LogP contribution in [-0.2, 0) is 4.79 Å². The van der Waals surface area contributed by atoms with Gasteiger partial charge in [0.2, 0.25) is 11.7 Å². The third-order valence-electron chi connectivity index (χ3n) is 5.11. The minimum Gasteiger partial charge on any atom is -0.493 e. The van der Waals surface area contributed by atoms with E-state index < -0.39 is 0 Å². The molecule has 0 spiro atoms. The molecule has 0 bridgehead atoms. The average Bonchev–Trinajstić information content (AvgIpc) is 2.80. The van der Waals surface area contributed by atoms with E-state index in [2.05, 4.69) is 12.2 Å². The van der Waals surface area contributed by atoms with Crippen molar-refractivity contribution < 1.29 is 19.0 Å². The summed E-state index contributed by atoms with van der Waals surface area (Å²) in [5, 5.41) is 2.98. The molecule has 2 rings (SSSR count). The first-order valence-corrected chi connectivity index (χ1v) is 11.0. The summed E-state index contributed by atoms with van der Waals surface area (Å²) in [5.41, 5.74) is 2.79. The predicted molar refractivity (Wildman–Crippen MR) is 128 cm³/mol. The highest BCUT2D eigenvalue weighted by atomic mass is 16.5. The smallest absolute Gasteiger partial charge is 0.224 e. The van der Waals surface area contributed by atoms with Crippen LogP contribution in [0.25, 0.3) is 12.2 Å². The topological polar surface area (TPSA) is 56.8 Å². The van der Waals surface area contributed by atoms with Crippen LogP contribution in [0.3, 0.4) is 0 Å². The highest BCUT2D eigenvalue weighted by Gasteiger charge is 2.12. The van der Waals surface area contributed by atoms with Gasteiger partial charge in [-0.25, -0.2) is 0 Å². The Kier molecular flexibility index (Phi) is 10.5. The quantitative estimate of drug-likeness (QED) is 0.291. The van der Waals surface area contributed by atoms with Crippen LogP contribution >= 0.6 is 0 Å². The van der Waals surface area contributed by atoms with E-state index in [-0.39, 0.29) is 5.91 Å². The summed E-state index contributed by atoms with van der Waals surface area (Å²) in [7, 11) is 4.79. The third-order valence-corrected chi connectivity index (χ3v) is 5.11. The van der Waals surface area contributed by atoms with Gasteiger partial charge in [0.25, 0.3) is 0 Å². The maximum absolute atomic E-state index is 12.1. The van der Waals surface area contributed by atoms with Crippen LogP contribution in [-0.4, -0.2) is 27.2 Å². The molecule has 31 heavy (non-hydrogen) atoms. The van der Waals surface area contributed by atoms with Crippen LogP contribution in [0.15, 0.2) is 36.4 Å². The first-order chi connectivity index (χ1) is 15.1. The van der Waals surface area contributed by atoms with E-state index in [1.54, 1.807) is 21.3 Å². The lowest BCUT2D eigenvalue weighted by molar-refractivity contribution is -0.116. The van der Waals surface area contributed by atoms with Crippen molar-refractivity contribution in [1.29, 1.82) is 0 Å². The van der Waals surface area contributed by atoms with Crippen LogP contribution in [0.2, 0.25) is 0 Å². The van der Waals surface area contributed by atoms with E-state index in [0.29, 0.717) is 23.7 Å². The molecule has 0 heterocycles. The molecule has 5 heteroatoms. The molecule has 0 aliphatic heterocycles. The number of unbranched alkanes of at least 4 members (excludes halogenated alkanes) is 5. The number of carbonyl (C=O) groups excluding carboxylic acids is 1. The second-order valence-electron chi connectivity index (χ2n) is 7.48. The molecule has 0 saturated carbocycles. The predicted octanol–water partition coefficient (Wildman–Crippen LogP) is 6.57. The zero-order valence-electron chi connectivity index (χ0n) is 19.2. The summed E-state index contributed by atoms with van der Waals surface area (Å²) in [6, 6.07) is 11.6. The fourth-order valence-electron chi connectivity index (χ4n) is 3.36. The molecule has 2 aromatic rings. The standard InChI is InChI=1S/C26H35NO4/c1-5-6-7-8-9-10-11-25(28)27-22-16-14-20(15-17-22)12-13-21-18-23(29-2)26(31-4)24(19-21)30-3/h12-19H,5-11H2,1-4H3,(H,27,28)/b13-12+. The van der Waals surface area contributed by atoms with Gasteiger partial charge in [0.15, 0.2) is 11.5 Å². The van der Waals surface area contributed by atoms with Crippen LogP contribution in [0, 0.1) is 0 Å². The molecule has 0 unspecified atom stereocenters. The number of benzene rings is 2. The Morgan fingerprint density at radius 1 is 0.806 bits per heavy atom. The normalized spacial score (nSPS) is 10.8. The highest BCUT2D eigenvalue weighted by molar-refractivity contribution is 5.90. The molecule has 0 aliphatic carbocycles. The van der Waals surface area contributed by atoms with E-state index >= 15 is 0 Å². The lowest BCUT2D eigenvalue weighted by Gasteiger charge is -2.12. The van der Waals surface area contributed by atoms with Crippen molar-refractivity contribution in [2.24, 2.45) is 0 Å². The minimum absolute atomic E-state index is 0.0798. The SMILES string of the molecule is CCCCCCCCC(=O)Nc1ccc(/C=C/c2cc(OC)c(OC)c(OC)c2)cc1. The Hall–Kier alpha value is -2.95. The Labute approximate surface area is 186 Å². The zero-order chi connectivity index (χ0) is 22.5. The first kappa shape index (κ1) is 24.3. The number of anilines is 1. The fraction of sp³-hybridized carbons (Fsp3) is 0.423. The third kappa shape index (κ3) is 8.00. The summed E-state index contributed by atoms with van der Waals surface area (Å²) in [4.78, 5) is 12.1. The Morgan fingerprint density at radius 3 is 1.97 bits per heavy atom. The van der Waals surface area contributed by atoms with Crippen molar-refractivity contribution >= 4 is 23.7 Å². The molecule has 1 amide bonds. The van der Waals surface area contributed by atoms with Crippen molar-refractivity contribution in [2.75, 3.05) is 26.6 Å². The maximum atomic E-state index is 12.1. The van der Waals surface area contributed by atoms with Gasteiger partial charge >= 0.3 is 0 Å². The molecule has 0 radical (unpaired) electrons. The van der Waals surface area contributed by atoms with Gasteiger partial charge < -0.3 is 19.5 Å². The second kappa shape index (κ2) is 13.4. The van der Waals surface area contributed by atoms with Gasteiger partial charge in [-0.15, -0.1) is 0 Å². The summed E-state index contributed by atoms with van der Waals surface area (Å²) >= 11 is 0. The summed E-state index contributed by atoms with van der Waals surface area (Å²) in [6.07, 6.45) is 11.6. The lowest BCUT2D eigenvalue weighted by Crippen LogP contribution is -2.10. The molecule has 5 nitrogen and oxygen atoms in total. The fourth-order valence-corrected chi connectivity index (χ4v) is 3.36. The van der Waals surface area contributed by atoms with Crippen LogP contribution in [0.1, 0.15) is 63.0 Å². The number of rotatable bonds is 13. The summed E-state index contributed by atoms with van der Waals surface area (Å²) < 4.78 is 16.2. The van der Waals surface area contributed by atoms with Crippen LogP contribution in [0.5, 0.6) is 17.2 Å². The van der Waals surface area contributed by atoms with Crippen LogP contribution in [0.4, 0.5) is 5.69 Å². The van der Waals surface area contributed by atoms with Crippen molar-refractivity contribution in [3.63, 3.8) is 0 Å². The van der Waals surface area contributed by atoms with Crippen molar-refractivity contribution in [3.05, 3.63) is 47.5 Å². The molecule has 0 aliphatic rings. The van der Waals surface area contributed by atoms with E-state index in [1.165, 1.54) is 25.7 Å². The molecule has 0 saturated heterocycles. The number of ether oxygens (including phenoxy) is 3. The molecule has 1 N–H and O–H groups in total. The Bertz CT molecular complexity index is 818. The van der Waals surface area contributed by atoms with Gasteiger partial charge in [-0.1, -0.05) is 63.3 Å². The van der Waals surface area contributed by atoms with Crippen molar-refractivity contribution in [1.82, 2.24) is 0 Å². The molecule has 0 aromatic heterocycles. The molecular weight excluding hydrogens is 390 g/mol. The first-order valence-electron chi connectivity index (χ1n) is 11.0. The van der Waals surface area contributed by atoms with Gasteiger partial charge in [-0.3, -0.25) is 4.79 Å². The summed E-state index contributed by atoms with van der Waals surface area (Å²) in [5.74, 6) is 1.88. The van der Waals surface area contributed by atoms with Crippen LogP contribution < -0.4 is 19.5 Å². The Morgan fingerprint density at radius 2 is 1.39 bits per heavy atom. The molecular formula is C26H35NO4. The van der Waals surface area contributed by atoms with E-state index in [9.17, 15) is 4.79 Å². The number of amides is 1. The number of methoxy groups -OCH3 is 3. The van der Waals surface area contributed by atoms with Gasteiger partial charge in [0.05, 0.1) is 21.3 Å². The molecule has 0 atom stereocenters. The largest absolute Gasteiger partial charge is 0.493 e. The Balaban J connectivity index is 1.91. The maximum Gasteiger partial charge on any atom is 0.224 e. The average molecular weight is 426 g/mol. The number of nitrogens with one attached hydrogen (secondary N) is 1. The minimum atomic E-state index is 0.0798. The van der Waals surface area contributed by atoms with E-state index in [0.717, 1.165) is 29.7 Å². The van der Waals surface area contributed by atoms with Gasteiger partial charge in [0.1, 0.15) is 0 Å².